The molecule has 1 amide bonds. The van der Waals surface area contributed by atoms with Crippen LogP contribution in [0.4, 0.5) is 5.69 Å². The molecule has 1 heterocycles. The van der Waals surface area contributed by atoms with E-state index < -0.39 is 21.3 Å². The summed E-state index contributed by atoms with van der Waals surface area (Å²) in [6.07, 6.45) is 0.631. The van der Waals surface area contributed by atoms with Crippen molar-refractivity contribution in [3.8, 4) is 11.1 Å². The van der Waals surface area contributed by atoms with Crippen LogP contribution in [0.2, 0.25) is 0 Å². The van der Waals surface area contributed by atoms with Gasteiger partial charge in [-0.1, -0.05) is 70.5 Å². The summed E-state index contributed by atoms with van der Waals surface area (Å²) in [5.41, 5.74) is 3.75. The van der Waals surface area contributed by atoms with Crippen molar-refractivity contribution in [1.29, 1.82) is 0 Å². The zero-order chi connectivity index (χ0) is 20.6. The van der Waals surface area contributed by atoms with E-state index in [1.54, 1.807) is 30.3 Å². The molecule has 0 aliphatic carbocycles. The molecule has 7 heteroatoms. The molecule has 148 valence electrons. The predicted molar refractivity (Wildman–Crippen MR) is 116 cm³/mol. The van der Waals surface area contributed by atoms with Crippen LogP contribution >= 0.6 is 15.9 Å². The molecule has 3 aromatic rings. The van der Waals surface area contributed by atoms with Crippen LogP contribution in [0.15, 0.2) is 77.3 Å². The van der Waals surface area contributed by atoms with Gasteiger partial charge in [-0.15, -0.1) is 0 Å². The van der Waals surface area contributed by atoms with Gasteiger partial charge in [0.2, 0.25) is 0 Å². The van der Waals surface area contributed by atoms with Gasteiger partial charge in [-0.3, -0.25) is 9.35 Å². The van der Waals surface area contributed by atoms with E-state index in [4.69, 9.17) is 0 Å². The second-order valence-electron chi connectivity index (χ2n) is 6.90. The van der Waals surface area contributed by atoms with Gasteiger partial charge in [0.1, 0.15) is 0 Å². The number of rotatable bonds is 4. The molecule has 0 saturated heterocycles. The first-order valence-electron chi connectivity index (χ1n) is 9.06. The largest absolute Gasteiger partial charge is 0.310 e. The molecule has 1 atom stereocenters. The lowest BCUT2D eigenvalue weighted by atomic mass is 10.0. The maximum Gasteiger partial charge on any atom is 0.281 e. The van der Waals surface area contributed by atoms with Crippen molar-refractivity contribution in [3.63, 3.8) is 0 Å². The Bertz CT molecular complexity index is 1160. The molecule has 0 fully saturated rings. The third kappa shape index (κ3) is 3.99. The standard InChI is InChI=1S/C22H18BrNO4S/c23-19-10-11-20-18(14-19)12-13-24(20)22(25)21(29(26,27)28)17-8-6-16(7-9-17)15-4-2-1-3-5-15/h1-11,14,21H,12-13H2,(H,26,27,28). The van der Waals surface area contributed by atoms with Crippen molar-refractivity contribution in [2.24, 2.45) is 0 Å². The Labute approximate surface area is 177 Å². The first-order chi connectivity index (χ1) is 13.8. The summed E-state index contributed by atoms with van der Waals surface area (Å²) >= 11 is 3.41. The highest BCUT2D eigenvalue weighted by molar-refractivity contribution is 9.10. The maximum atomic E-state index is 13.2. The van der Waals surface area contributed by atoms with Crippen LogP contribution in [0.5, 0.6) is 0 Å². The third-order valence-corrected chi connectivity index (χ3v) is 6.61. The van der Waals surface area contributed by atoms with E-state index in [0.29, 0.717) is 18.7 Å². The van der Waals surface area contributed by atoms with Crippen molar-refractivity contribution in [3.05, 3.63) is 88.4 Å². The van der Waals surface area contributed by atoms with Crippen LogP contribution in [0.25, 0.3) is 11.1 Å². The van der Waals surface area contributed by atoms with Crippen LogP contribution in [-0.4, -0.2) is 25.4 Å². The van der Waals surface area contributed by atoms with Gasteiger partial charge in [-0.25, -0.2) is 0 Å². The Hall–Kier alpha value is -2.48. The van der Waals surface area contributed by atoms with E-state index in [1.165, 1.54) is 4.90 Å². The van der Waals surface area contributed by atoms with Gasteiger partial charge in [0.05, 0.1) is 0 Å². The highest BCUT2D eigenvalue weighted by Gasteiger charge is 2.38. The molecule has 4 rings (SSSR count). The van der Waals surface area contributed by atoms with E-state index in [-0.39, 0.29) is 5.56 Å². The molecule has 0 spiro atoms. The molecule has 0 radical (unpaired) electrons. The van der Waals surface area contributed by atoms with Gasteiger partial charge in [-0.05, 0) is 46.9 Å². The normalized spacial score (nSPS) is 14.5. The van der Waals surface area contributed by atoms with Crippen LogP contribution in [-0.2, 0) is 21.3 Å². The lowest BCUT2D eigenvalue weighted by Gasteiger charge is -2.23. The minimum Gasteiger partial charge on any atom is -0.310 e. The van der Waals surface area contributed by atoms with Gasteiger partial charge < -0.3 is 4.90 Å². The summed E-state index contributed by atoms with van der Waals surface area (Å²) in [5.74, 6) is -0.652. The average molecular weight is 472 g/mol. The highest BCUT2D eigenvalue weighted by Crippen LogP contribution is 2.35. The fourth-order valence-electron chi connectivity index (χ4n) is 3.66. The van der Waals surface area contributed by atoms with Crippen molar-refractivity contribution in [2.75, 3.05) is 11.4 Å². The first-order valence-corrected chi connectivity index (χ1v) is 11.4. The number of halogens is 1. The monoisotopic (exact) mass is 471 g/mol. The van der Waals surface area contributed by atoms with Gasteiger partial charge >= 0.3 is 0 Å². The van der Waals surface area contributed by atoms with E-state index in [9.17, 15) is 17.8 Å². The number of hydrogen-bond acceptors (Lipinski definition) is 3. The Balaban J connectivity index is 1.69. The summed E-state index contributed by atoms with van der Waals surface area (Å²) in [4.78, 5) is 14.6. The smallest absolute Gasteiger partial charge is 0.281 e. The first kappa shape index (κ1) is 19.8. The molecule has 1 unspecified atom stereocenters. The van der Waals surface area contributed by atoms with E-state index in [1.807, 2.05) is 42.5 Å². The zero-order valence-electron chi connectivity index (χ0n) is 15.3. The second kappa shape index (κ2) is 7.74. The van der Waals surface area contributed by atoms with Crippen LogP contribution < -0.4 is 4.90 Å². The molecule has 5 nitrogen and oxygen atoms in total. The quantitative estimate of drug-likeness (QED) is 0.562. The van der Waals surface area contributed by atoms with E-state index in [2.05, 4.69) is 15.9 Å². The van der Waals surface area contributed by atoms with Crippen molar-refractivity contribution >= 4 is 37.6 Å². The maximum absolute atomic E-state index is 13.2. The number of fused-ring (bicyclic) bond motifs is 1. The fourth-order valence-corrected chi connectivity index (χ4v) is 4.96. The lowest BCUT2D eigenvalue weighted by molar-refractivity contribution is -0.118. The molecule has 3 aromatic carbocycles. The minimum atomic E-state index is -4.64. The zero-order valence-corrected chi connectivity index (χ0v) is 17.7. The second-order valence-corrected chi connectivity index (χ2v) is 9.31. The topological polar surface area (TPSA) is 74.7 Å². The molecule has 0 aromatic heterocycles. The molecule has 29 heavy (non-hydrogen) atoms. The number of carbonyl (C=O) groups excluding carboxylic acids is 1. The number of nitrogens with zero attached hydrogens (tertiary/aromatic N) is 1. The van der Waals surface area contributed by atoms with Crippen LogP contribution in [0, 0.1) is 0 Å². The van der Waals surface area contributed by atoms with Crippen molar-refractivity contribution in [1.82, 2.24) is 0 Å². The molecular weight excluding hydrogens is 454 g/mol. The third-order valence-electron chi connectivity index (χ3n) is 5.05. The van der Waals surface area contributed by atoms with Crippen LogP contribution in [0.1, 0.15) is 16.4 Å². The lowest BCUT2D eigenvalue weighted by Crippen LogP contribution is -2.37. The summed E-state index contributed by atoms with van der Waals surface area (Å²) in [7, 11) is -4.64. The minimum absolute atomic E-state index is 0.239. The fraction of sp³-hybridized carbons (Fsp3) is 0.136. The Kier molecular flexibility index (Phi) is 5.29. The number of carbonyl (C=O) groups is 1. The molecular formula is C22H18BrNO4S. The number of anilines is 1. The molecule has 0 bridgehead atoms. The van der Waals surface area contributed by atoms with Gasteiger partial charge in [0.25, 0.3) is 16.0 Å². The predicted octanol–water partition coefficient (Wildman–Crippen LogP) is 4.63. The SMILES string of the molecule is O=C(C(c1ccc(-c2ccccc2)cc1)S(=O)(=O)O)N1CCc2cc(Br)ccc21. The molecule has 1 aliphatic rings. The number of benzene rings is 3. The van der Waals surface area contributed by atoms with Crippen LogP contribution in [0.3, 0.4) is 0 Å². The van der Waals surface area contributed by atoms with Gasteiger partial charge in [-0.2, -0.15) is 8.42 Å². The summed E-state index contributed by atoms with van der Waals surface area (Å²) in [6.45, 7) is 0.374. The summed E-state index contributed by atoms with van der Waals surface area (Å²) < 4.78 is 35.1. The molecule has 1 aliphatic heterocycles. The number of hydrogen-bond donors (Lipinski definition) is 1. The van der Waals surface area contributed by atoms with Gasteiger partial charge in [0, 0.05) is 16.7 Å². The van der Waals surface area contributed by atoms with Crippen molar-refractivity contribution < 1.29 is 17.8 Å². The van der Waals surface area contributed by atoms with Gasteiger partial charge in [0.15, 0.2) is 5.25 Å². The Morgan fingerprint density at radius 2 is 1.62 bits per heavy atom. The average Bonchev–Trinajstić information content (AvgIpc) is 3.11. The molecule has 0 saturated carbocycles. The van der Waals surface area contributed by atoms with Crippen molar-refractivity contribution in [2.45, 2.75) is 11.7 Å². The highest BCUT2D eigenvalue weighted by atomic mass is 79.9. The Morgan fingerprint density at radius 3 is 2.28 bits per heavy atom. The summed E-state index contributed by atoms with van der Waals surface area (Å²) in [6, 6.07) is 21.8. The number of amides is 1. The van der Waals surface area contributed by atoms with E-state index in [0.717, 1.165) is 21.2 Å². The Morgan fingerprint density at radius 1 is 0.966 bits per heavy atom. The molecule has 1 N–H and O–H groups in total. The van der Waals surface area contributed by atoms with E-state index >= 15 is 0 Å². The summed E-state index contributed by atoms with van der Waals surface area (Å²) in [5, 5.41) is -1.66.